The van der Waals surface area contributed by atoms with Crippen molar-refractivity contribution in [3.63, 3.8) is 0 Å². The molecule has 0 radical (unpaired) electrons. The third-order valence-corrected chi connectivity index (χ3v) is 4.49. The predicted octanol–water partition coefficient (Wildman–Crippen LogP) is 2.62. The topological polar surface area (TPSA) is 82.1 Å². The summed E-state index contributed by atoms with van der Waals surface area (Å²) in [6, 6.07) is 17.8. The number of para-hydroxylation sites is 1. The molecule has 2 aromatic rings. The number of nitrogens with two attached hydrogens (primary N) is 1. The fourth-order valence-electron chi connectivity index (χ4n) is 3.17. The van der Waals surface area contributed by atoms with E-state index in [0.29, 0.717) is 19.6 Å². The second-order valence-electron chi connectivity index (χ2n) is 6.26. The summed E-state index contributed by atoms with van der Waals surface area (Å²) >= 11 is 0. The molecule has 26 heavy (non-hydrogen) atoms. The number of nitrogens with zero attached hydrogens (tertiary/aromatic N) is 2. The lowest BCUT2D eigenvalue weighted by atomic mass is 10.0. The number of fused-ring (bicyclic) bond motifs is 1. The Bertz CT molecular complexity index is 866. The van der Waals surface area contributed by atoms with Gasteiger partial charge in [0.15, 0.2) is 0 Å². The first-order chi connectivity index (χ1) is 12.7. The van der Waals surface area contributed by atoms with Gasteiger partial charge in [0.2, 0.25) is 0 Å². The summed E-state index contributed by atoms with van der Waals surface area (Å²) in [5.41, 5.74) is 9.92. The third kappa shape index (κ3) is 3.93. The van der Waals surface area contributed by atoms with E-state index in [1.807, 2.05) is 54.6 Å². The molecular weight excluding hydrogens is 324 g/mol. The molecule has 5 heteroatoms. The third-order valence-electron chi connectivity index (χ3n) is 4.49. The van der Waals surface area contributed by atoms with E-state index < -0.39 is 0 Å². The Balaban J connectivity index is 1.71. The first-order valence-electron chi connectivity index (χ1n) is 8.74. The lowest BCUT2D eigenvalue weighted by molar-refractivity contribution is -0.114. The monoisotopic (exact) mass is 346 g/mol. The fourth-order valence-corrected chi connectivity index (χ4v) is 3.17. The molecule has 5 nitrogen and oxygen atoms in total. The highest BCUT2D eigenvalue weighted by Gasteiger charge is 2.24. The number of anilines is 1. The second kappa shape index (κ2) is 8.32. The lowest BCUT2D eigenvalue weighted by Gasteiger charge is -2.29. The van der Waals surface area contributed by atoms with Crippen molar-refractivity contribution in [3.8, 4) is 6.07 Å². The largest absolute Gasteiger partial charge is 0.386 e. The average molecular weight is 346 g/mol. The van der Waals surface area contributed by atoms with Crippen molar-refractivity contribution in [1.82, 2.24) is 5.32 Å². The summed E-state index contributed by atoms with van der Waals surface area (Å²) in [4.78, 5) is 14.5. The Labute approximate surface area is 153 Å². The molecule has 0 fully saturated rings. The molecular formula is C21H22N4O. The summed E-state index contributed by atoms with van der Waals surface area (Å²) < 4.78 is 0. The van der Waals surface area contributed by atoms with E-state index in [2.05, 4.69) is 5.32 Å². The number of carbonyl (C=O) groups excluding carboxylic acids is 1. The maximum atomic E-state index is 12.8. The van der Waals surface area contributed by atoms with Crippen molar-refractivity contribution in [2.24, 2.45) is 5.73 Å². The molecule has 1 aliphatic rings. The highest BCUT2D eigenvalue weighted by molar-refractivity contribution is 6.08. The van der Waals surface area contributed by atoms with Crippen LogP contribution in [0.1, 0.15) is 23.1 Å². The Morgan fingerprint density at radius 2 is 2.04 bits per heavy atom. The highest BCUT2D eigenvalue weighted by Crippen LogP contribution is 2.27. The van der Waals surface area contributed by atoms with Crippen LogP contribution in [0.2, 0.25) is 0 Å². The molecule has 3 rings (SSSR count). The predicted molar refractivity (Wildman–Crippen MR) is 102 cm³/mol. The fraction of sp³-hybridized carbons (Fsp3) is 0.238. The van der Waals surface area contributed by atoms with E-state index in [9.17, 15) is 10.1 Å². The van der Waals surface area contributed by atoms with Gasteiger partial charge in [-0.05, 0) is 35.6 Å². The summed E-state index contributed by atoms with van der Waals surface area (Å²) in [6.07, 6.45) is 3.37. The van der Waals surface area contributed by atoms with E-state index in [-0.39, 0.29) is 11.5 Å². The Morgan fingerprint density at radius 1 is 1.23 bits per heavy atom. The molecule has 0 unspecified atom stereocenters. The van der Waals surface area contributed by atoms with Crippen LogP contribution in [-0.4, -0.2) is 12.5 Å². The molecule has 1 aliphatic heterocycles. The minimum absolute atomic E-state index is 0.108. The van der Waals surface area contributed by atoms with Gasteiger partial charge < -0.3 is 16.0 Å². The zero-order chi connectivity index (χ0) is 18.4. The number of nitriles is 1. The van der Waals surface area contributed by atoms with E-state index in [4.69, 9.17) is 5.73 Å². The van der Waals surface area contributed by atoms with Crippen LogP contribution in [0.3, 0.4) is 0 Å². The molecule has 0 aromatic heterocycles. The smallest absolute Gasteiger partial charge is 0.270 e. The number of amides is 1. The van der Waals surface area contributed by atoms with Gasteiger partial charge in [-0.15, -0.1) is 0 Å². The van der Waals surface area contributed by atoms with Crippen molar-refractivity contribution in [3.05, 3.63) is 77.0 Å². The van der Waals surface area contributed by atoms with Crippen molar-refractivity contribution in [2.45, 2.75) is 25.9 Å². The zero-order valence-electron chi connectivity index (χ0n) is 14.6. The maximum absolute atomic E-state index is 12.8. The second-order valence-corrected chi connectivity index (χ2v) is 6.26. The maximum Gasteiger partial charge on any atom is 0.270 e. The van der Waals surface area contributed by atoms with Gasteiger partial charge in [-0.2, -0.15) is 5.26 Å². The van der Waals surface area contributed by atoms with Crippen LogP contribution in [0.25, 0.3) is 0 Å². The lowest BCUT2D eigenvalue weighted by Crippen LogP contribution is -2.36. The zero-order valence-corrected chi connectivity index (χ0v) is 14.6. The number of hydrogen-bond acceptors (Lipinski definition) is 4. The summed E-state index contributed by atoms with van der Waals surface area (Å²) in [5, 5.41) is 12.5. The summed E-state index contributed by atoms with van der Waals surface area (Å²) in [5.74, 6) is -0.261. The van der Waals surface area contributed by atoms with Gasteiger partial charge in [0, 0.05) is 31.5 Å². The van der Waals surface area contributed by atoms with Gasteiger partial charge in [-0.1, -0.05) is 42.5 Å². The first-order valence-corrected chi connectivity index (χ1v) is 8.74. The molecule has 0 atom stereocenters. The summed E-state index contributed by atoms with van der Waals surface area (Å²) in [6.45, 7) is 1.65. The Morgan fingerprint density at radius 3 is 2.85 bits per heavy atom. The quantitative estimate of drug-likeness (QED) is 0.644. The average Bonchev–Trinajstić information content (AvgIpc) is 2.70. The SMILES string of the molecule is N#C/C(=C/NCc1cccc(CN)c1)C(=O)N1CCCc2ccccc21. The van der Waals surface area contributed by atoms with Crippen LogP contribution in [0.5, 0.6) is 0 Å². The summed E-state index contributed by atoms with van der Waals surface area (Å²) in [7, 11) is 0. The number of aryl methyl sites for hydroxylation is 1. The minimum atomic E-state index is -0.261. The van der Waals surface area contributed by atoms with Crippen molar-refractivity contribution in [2.75, 3.05) is 11.4 Å². The standard InChI is InChI=1S/C21H22N4O/c22-12-16-5-3-6-17(11-16)14-24-15-19(13-23)21(26)25-10-4-8-18-7-1-2-9-20(18)25/h1-3,5-7,9,11,15,24H,4,8,10,12,14,22H2/b19-15-. The van der Waals surface area contributed by atoms with Gasteiger partial charge in [-0.3, -0.25) is 4.79 Å². The van der Waals surface area contributed by atoms with E-state index in [0.717, 1.165) is 35.2 Å². The molecule has 2 aromatic carbocycles. The number of benzene rings is 2. The molecule has 0 aliphatic carbocycles. The normalized spacial score (nSPS) is 13.7. The molecule has 0 bridgehead atoms. The highest BCUT2D eigenvalue weighted by atomic mass is 16.2. The van der Waals surface area contributed by atoms with Crippen LogP contribution < -0.4 is 16.0 Å². The van der Waals surface area contributed by atoms with E-state index in [1.165, 1.54) is 6.20 Å². The van der Waals surface area contributed by atoms with Gasteiger partial charge in [0.25, 0.3) is 5.91 Å². The van der Waals surface area contributed by atoms with Gasteiger partial charge >= 0.3 is 0 Å². The van der Waals surface area contributed by atoms with Crippen molar-refractivity contribution in [1.29, 1.82) is 5.26 Å². The van der Waals surface area contributed by atoms with Gasteiger partial charge in [0.1, 0.15) is 11.6 Å². The van der Waals surface area contributed by atoms with E-state index >= 15 is 0 Å². The van der Waals surface area contributed by atoms with Crippen molar-refractivity contribution >= 4 is 11.6 Å². The Hall–Kier alpha value is -3.10. The minimum Gasteiger partial charge on any atom is -0.386 e. The molecule has 1 heterocycles. The molecule has 0 saturated heterocycles. The van der Waals surface area contributed by atoms with Crippen LogP contribution in [0, 0.1) is 11.3 Å². The molecule has 3 N–H and O–H groups in total. The molecule has 132 valence electrons. The number of rotatable bonds is 5. The van der Waals surface area contributed by atoms with Crippen LogP contribution in [0.4, 0.5) is 5.69 Å². The number of hydrogen-bond donors (Lipinski definition) is 2. The first kappa shape index (κ1) is 17.7. The molecule has 0 spiro atoms. The van der Waals surface area contributed by atoms with Crippen LogP contribution in [0.15, 0.2) is 60.3 Å². The number of nitrogens with one attached hydrogen (secondary N) is 1. The Kier molecular flexibility index (Phi) is 5.67. The van der Waals surface area contributed by atoms with Gasteiger partial charge in [0.05, 0.1) is 0 Å². The van der Waals surface area contributed by atoms with E-state index in [1.54, 1.807) is 4.90 Å². The molecule has 0 saturated carbocycles. The van der Waals surface area contributed by atoms with Crippen molar-refractivity contribution < 1.29 is 4.79 Å². The molecule has 1 amide bonds. The van der Waals surface area contributed by atoms with Gasteiger partial charge in [-0.25, -0.2) is 0 Å². The van der Waals surface area contributed by atoms with Crippen LogP contribution >= 0.6 is 0 Å². The number of carbonyl (C=O) groups is 1. The van der Waals surface area contributed by atoms with Crippen LogP contribution in [-0.2, 0) is 24.3 Å².